The van der Waals surface area contributed by atoms with Gasteiger partial charge in [-0.15, -0.1) is 0 Å². The van der Waals surface area contributed by atoms with E-state index >= 15 is 0 Å². The molecule has 0 saturated carbocycles. The fourth-order valence-corrected chi connectivity index (χ4v) is 4.94. The van der Waals surface area contributed by atoms with Crippen LogP contribution in [-0.4, -0.2) is 31.7 Å². The molecule has 2 N–H and O–H groups in total. The van der Waals surface area contributed by atoms with Crippen LogP contribution >= 0.6 is 0 Å². The van der Waals surface area contributed by atoms with Crippen molar-refractivity contribution in [2.75, 3.05) is 4.90 Å². The summed E-state index contributed by atoms with van der Waals surface area (Å²) in [6.07, 6.45) is 1.58. The highest BCUT2D eigenvalue weighted by Crippen LogP contribution is 2.41. The number of pyridine rings is 1. The molecule has 1 saturated heterocycles. The highest BCUT2D eigenvalue weighted by molar-refractivity contribution is 6.51. The number of ketones is 1. The molecule has 0 bridgehead atoms. The Bertz CT molecular complexity index is 1780. The summed E-state index contributed by atoms with van der Waals surface area (Å²) in [6.45, 7) is 4.22. The molecule has 40 heavy (non-hydrogen) atoms. The average Bonchev–Trinajstić information content (AvgIpc) is 3.50. The minimum Gasteiger partial charge on any atom is -0.507 e. The number of rotatable bonds is 6. The third-order valence-electron chi connectivity index (χ3n) is 6.95. The van der Waals surface area contributed by atoms with E-state index in [0.717, 1.165) is 22.2 Å². The second kappa shape index (κ2) is 10.1. The van der Waals surface area contributed by atoms with E-state index in [4.69, 9.17) is 4.74 Å². The number of amides is 1. The first-order valence-electron chi connectivity index (χ1n) is 12.9. The smallest absolute Gasteiger partial charge is 0.302 e. The number of aryl methyl sites for hydroxylation is 2. The second-order valence-corrected chi connectivity index (χ2v) is 9.76. The Morgan fingerprint density at radius 3 is 2.52 bits per heavy atom. The van der Waals surface area contributed by atoms with Crippen LogP contribution in [0.25, 0.3) is 16.8 Å². The van der Waals surface area contributed by atoms with Crippen molar-refractivity contribution >= 4 is 34.4 Å². The minimum atomic E-state index is -0.975. The lowest BCUT2D eigenvalue weighted by atomic mass is 9.97. The first-order valence-corrected chi connectivity index (χ1v) is 12.9. The van der Waals surface area contributed by atoms with Crippen LogP contribution in [0.3, 0.4) is 0 Å². The molecule has 3 aromatic carbocycles. The zero-order chi connectivity index (χ0) is 27.8. The van der Waals surface area contributed by atoms with Gasteiger partial charge < -0.3 is 14.8 Å². The predicted molar refractivity (Wildman–Crippen MR) is 152 cm³/mol. The SMILES string of the molecule is Cc1ccc2nc(N3C(=O)C(=O)/C(=C(/O)c4ccc(OCc5ccccc5)c(C)c4)C3c3ccccn3)[nH]c2c1. The van der Waals surface area contributed by atoms with Gasteiger partial charge in [-0.2, -0.15) is 0 Å². The lowest BCUT2D eigenvalue weighted by Crippen LogP contribution is -2.30. The molecule has 8 heteroatoms. The number of carbonyl (C=O) groups excluding carboxylic acids is 2. The molecule has 1 fully saturated rings. The topological polar surface area (TPSA) is 108 Å². The van der Waals surface area contributed by atoms with Crippen molar-refractivity contribution in [2.45, 2.75) is 26.5 Å². The summed E-state index contributed by atoms with van der Waals surface area (Å²) >= 11 is 0. The van der Waals surface area contributed by atoms with Gasteiger partial charge in [-0.25, -0.2) is 4.98 Å². The van der Waals surface area contributed by atoms with Crippen LogP contribution in [0.4, 0.5) is 5.95 Å². The van der Waals surface area contributed by atoms with Crippen molar-refractivity contribution < 1.29 is 19.4 Å². The maximum absolute atomic E-state index is 13.5. The maximum Gasteiger partial charge on any atom is 0.302 e. The zero-order valence-corrected chi connectivity index (χ0v) is 22.0. The van der Waals surface area contributed by atoms with Gasteiger partial charge in [-0.1, -0.05) is 42.5 Å². The molecule has 0 aliphatic carbocycles. The number of anilines is 1. The number of hydrogen-bond donors (Lipinski definition) is 2. The van der Waals surface area contributed by atoms with Crippen molar-refractivity contribution in [2.24, 2.45) is 0 Å². The maximum atomic E-state index is 13.5. The predicted octanol–water partition coefficient (Wildman–Crippen LogP) is 5.78. The molecule has 1 aliphatic rings. The number of imidazole rings is 1. The number of aromatic amines is 1. The van der Waals surface area contributed by atoms with Crippen LogP contribution in [0.5, 0.6) is 5.75 Å². The van der Waals surface area contributed by atoms with Gasteiger partial charge in [-0.05, 0) is 73.0 Å². The van der Waals surface area contributed by atoms with E-state index in [1.807, 2.05) is 62.4 Å². The van der Waals surface area contributed by atoms with Crippen LogP contribution in [0, 0.1) is 13.8 Å². The molecule has 0 radical (unpaired) electrons. The summed E-state index contributed by atoms with van der Waals surface area (Å²) in [7, 11) is 0. The largest absolute Gasteiger partial charge is 0.507 e. The van der Waals surface area contributed by atoms with Gasteiger partial charge >= 0.3 is 5.91 Å². The number of H-pyrrole nitrogens is 1. The van der Waals surface area contributed by atoms with Gasteiger partial charge in [0.2, 0.25) is 5.95 Å². The molecule has 198 valence electrons. The number of aliphatic hydroxyl groups is 1. The van der Waals surface area contributed by atoms with Gasteiger partial charge in [0.1, 0.15) is 24.2 Å². The van der Waals surface area contributed by atoms with Crippen LogP contribution in [0.15, 0.2) is 96.7 Å². The number of benzene rings is 3. The average molecular weight is 531 g/mol. The van der Waals surface area contributed by atoms with E-state index in [9.17, 15) is 14.7 Å². The first-order chi connectivity index (χ1) is 19.4. The summed E-state index contributed by atoms with van der Waals surface area (Å²) in [5.41, 5.74) is 4.99. The molecule has 5 aromatic rings. The number of fused-ring (bicyclic) bond motifs is 1. The van der Waals surface area contributed by atoms with E-state index in [0.29, 0.717) is 29.1 Å². The standard InChI is InChI=1S/C32H26N4O4/c1-19-11-13-23-25(16-19)35-32(34-23)36-28(24-10-6-7-15-33-24)27(30(38)31(36)39)29(37)22-12-14-26(20(2)17-22)40-18-21-8-4-3-5-9-21/h3-17,28,37H,18H2,1-2H3,(H,34,35)/b29-27+. The van der Waals surface area contributed by atoms with E-state index in [2.05, 4.69) is 15.0 Å². The van der Waals surface area contributed by atoms with Gasteiger partial charge in [-0.3, -0.25) is 19.5 Å². The Balaban J connectivity index is 1.41. The van der Waals surface area contributed by atoms with Crippen molar-refractivity contribution in [1.82, 2.24) is 15.0 Å². The van der Waals surface area contributed by atoms with Gasteiger partial charge in [0, 0.05) is 11.8 Å². The highest BCUT2D eigenvalue weighted by Gasteiger charge is 2.48. The number of carbonyl (C=O) groups is 2. The Morgan fingerprint density at radius 2 is 1.77 bits per heavy atom. The van der Waals surface area contributed by atoms with Crippen molar-refractivity contribution in [3.63, 3.8) is 0 Å². The summed E-state index contributed by atoms with van der Waals surface area (Å²) in [4.78, 5) is 40.4. The number of nitrogens with one attached hydrogen (secondary N) is 1. The first kappa shape index (κ1) is 25.1. The fraction of sp³-hybridized carbons (Fsp3) is 0.125. The zero-order valence-electron chi connectivity index (χ0n) is 22.0. The molecule has 1 amide bonds. The Labute approximate surface area is 230 Å². The van der Waals surface area contributed by atoms with Crippen LogP contribution < -0.4 is 9.64 Å². The molecule has 0 spiro atoms. The number of hydrogen-bond acceptors (Lipinski definition) is 6. The molecule has 1 unspecified atom stereocenters. The van der Waals surface area contributed by atoms with Crippen LogP contribution in [0.2, 0.25) is 0 Å². The Kier molecular flexibility index (Phi) is 6.36. The number of aromatic nitrogens is 3. The minimum absolute atomic E-state index is 0.0577. The molecule has 1 aliphatic heterocycles. The number of ether oxygens (including phenoxy) is 1. The molecular formula is C32H26N4O4. The summed E-state index contributed by atoms with van der Waals surface area (Å²) in [5.74, 6) is -1.04. The number of Topliss-reactive ketones (excluding diaryl/α,β-unsaturated/α-hetero) is 1. The molecule has 3 heterocycles. The summed E-state index contributed by atoms with van der Waals surface area (Å²) < 4.78 is 5.97. The van der Waals surface area contributed by atoms with Gasteiger partial charge in [0.15, 0.2) is 0 Å². The third kappa shape index (κ3) is 4.49. The quantitative estimate of drug-likeness (QED) is 0.164. The van der Waals surface area contributed by atoms with Crippen molar-refractivity contribution in [3.05, 3.63) is 125 Å². The summed E-state index contributed by atoms with van der Waals surface area (Å²) in [6, 6.07) is 24.9. The van der Waals surface area contributed by atoms with Gasteiger partial charge in [0.05, 0.1) is 22.3 Å². The van der Waals surface area contributed by atoms with E-state index in [1.54, 1.807) is 42.6 Å². The Morgan fingerprint density at radius 1 is 0.975 bits per heavy atom. The lowest BCUT2D eigenvalue weighted by molar-refractivity contribution is -0.132. The monoisotopic (exact) mass is 530 g/mol. The fourth-order valence-electron chi connectivity index (χ4n) is 4.94. The van der Waals surface area contributed by atoms with E-state index in [1.165, 1.54) is 4.90 Å². The van der Waals surface area contributed by atoms with Gasteiger partial charge in [0.25, 0.3) is 5.78 Å². The Hall–Kier alpha value is -5.24. The van der Waals surface area contributed by atoms with Crippen molar-refractivity contribution in [1.29, 1.82) is 0 Å². The third-order valence-corrected chi connectivity index (χ3v) is 6.95. The van der Waals surface area contributed by atoms with Crippen molar-refractivity contribution in [3.8, 4) is 5.75 Å². The normalized spacial score (nSPS) is 16.6. The van der Waals surface area contributed by atoms with E-state index < -0.39 is 17.7 Å². The summed E-state index contributed by atoms with van der Waals surface area (Å²) in [5, 5.41) is 11.5. The molecule has 8 nitrogen and oxygen atoms in total. The molecule has 6 rings (SSSR count). The lowest BCUT2D eigenvalue weighted by Gasteiger charge is -2.22. The number of nitrogens with zero attached hydrogens (tertiary/aromatic N) is 3. The van der Waals surface area contributed by atoms with E-state index in [-0.39, 0.29) is 17.3 Å². The highest BCUT2D eigenvalue weighted by atomic mass is 16.5. The molecule has 1 atom stereocenters. The molecular weight excluding hydrogens is 504 g/mol. The van der Waals surface area contributed by atoms with Crippen LogP contribution in [-0.2, 0) is 16.2 Å². The number of aliphatic hydroxyl groups excluding tert-OH is 1. The molecule has 2 aromatic heterocycles. The van der Waals surface area contributed by atoms with Crippen LogP contribution in [0.1, 0.15) is 34.0 Å². The second-order valence-electron chi connectivity index (χ2n) is 9.76.